The number of anilines is 1. The molecule has 0 spiro atoms. The van der Waals surface area contributed by atoms with Crippen molar-refractivity contribution in [1.82, 2.24) is 0 Å². The molecular weight excluding hydrogens is 138 g/mol. The monoisotopic (exact) mass is 153 g/mol. The summed E-state index contributed by atoms with van der Waals surface area (Å²) in [6.45, 7) is 4.09. The van der Waals surface area contributed by atoms with E-state index in [1.807, 2.05) is 19.1 Å². The summed E-state index contributed by atoms with van der Waals surface area (Å²) in [7, 11) is 1.00. The lowest BCUT2D eigenvalue weighted by atomic mass is 10.1. The Bertz CT molecular complexity index is 201. The summed E-state index contributed by atoms with van der Waals surface area (Å²) in [5.41, 5.74) is 8.96. The minimum atomic E-state index is 0.884. The average molecular weight is 153 g/mol. The number of aliphatic hydroxyl groups is 1. The third-order valence-electron chi connectivity index (χ3n) is 1.65. The van der Waals surface area contributed by atoms with Crippen molar-refractivity contribution < 1.29 is 5.11 Å². The van der Waals surface area contributed by atoms with Gasteiger partial charge in [0, 0.05) is 12.8 Å². The van der Waals surface area contributed by atoms with E-state index in [1.54, 1.807) is 0 Å². The Morgan fingerprint density at radius 1 is 1.18 bits per heavy atom. The molecule has 11 heavy (non-hydrogen) atoms. The van der Waals surface area contributed by atoms with Gasteiger partial charge < -0.3 is 10.8 Å². The number of benzene rings is 1. The minimum absolute atomic E-state index is 0.884. The van der Waals surface area contributed by atoms with Crippen molar-refractivity contribution in [2.45, 2.75) is 13.8 Å². The predicted molar refractivity (Wildman–Crippen MR) is 48.5 cm³/mol. The van der Waals surface area contributed by atoms with E-state index >= 15 is 0 Å². The highest BCUT2D eigenvalue weighted by molar-refractivity contribution is 5.49. The third-order valence-corrected chi connectivity index (χ3v) is 1.65. The van der Waals surface area contributed by atoms with E-state index in [1.165, 1.54) is 11.1 Å². The molecule has 0 heterocycles. The van der Waals surface area contributed by atoms with Crippen molar-refractivity contribution in [1.29, 1.82) is 0 Å². The summed E-state index contributed by atoms with van der Waals surface area (Å²) >= 11 is 0. The highest BCUT2D eigenvalue weighted by atomic mass is 16.2. The Morgan fingerprint density at radius 3 is 2.09 bits per heavy atom. The van der Waals surface area contributed by atoms with Crippen LogP contribution in [0.5, 0.6) is 0 Å². The fraction of sp³-hybridized carbons (Fsp3) is 0.333. The molecule has 3 N–H and O–H groups in total. The van der Waals surface area contributed by atoms with Gasteiger partial charge in [-0.2, -0.15) is 0 Å². The zero-order valence-electron chi connectivity index (χ0n) is 7.26. The van der Waals surface area contributed by atoms with Crippen LogP contribution in [-0.4, -0.2) is 12.2 Å². The van der Waals surface area contributed by atoms with Crippen molar-refractivity contribution in [2.75, 3.05) is 12.8 Å². The zero-order valence-corrected chi connectivity index (χ0v) is 7.26. The highest BCUT2D eigenvalue weighted by Gasteiger charge is 1.92. The first kappa shape index (κ1) is 9.98. The molecule has 0 saturated carbocycles. The lowest BCUT2D eigenvalue weighted by Gasteiger charge is -2.00. The maximum absolute atomic E-state index is 7.00. The molecule has 2 heteroatoms. The Kier molecular flexibility index (Phi) is 4.30. The summed E-state index contributed by atoms with van der Waals surface area (Å²) in [5.74, 6) is 0. The van der Waals surface area contributed by atoms with E-state index in [-0.39, 0.29) is 0 Å². The molecule has 0 aromatic heterocycles. The summed E-state index contributed by atoms with van der Waals surface area (Å²) in [6.07, 6.45) is 0. The van der Waals surface area contributed by atoms with E-state index in [9.17, 15) is 0 Å². The van der Waals surface area contributed by atoms with Crippen LogP contribution in [0.15, 0.2) is 18.2 Å². The molecule has 0 aliphatic rings. The van der Waals surface area contributed by atoms with Crippen LogP contribution in [0.25, 0.3) is 0 Å². The number of nitrogens with two attached hydrogens (primary N) is 1. The van der Waals surface area contributed by atoms with E-state index in [4.69, 9.17) is 10.8 Å². The molecule has 0 amide bonds. The molecule has 0 bridgehead atoms. The molecule has 1 aromatic rings. The van der Waals surface area contributed by atoms with Crippen molar-refractivity contribution in [2.24, 2.45) is 0 Å². The summed E-state index contributed by atoms with van der Waals surface area (Å²) in [5, 5.41) is 7.00. The van der Waals surface area contributed by atoms with Crippen LogP contribution in [0.1, 0.15) is 11.1 Å². The number of rotatable bonds is 0. The smallest absolute Gasteiger partial charge is 0.0346 e. The van der Waals surface area contributed by atoms with Gasteiger partial charge in [-0.25, -0.2) is 0 Å². The molecule has 1 rings (SSSR count). The van der Waals surface area contributed by atoms with Crippen molar-refractivity contribution in [3.63, 3.8) is 0 Å². The fourth-order valence-corrected chi connectivity index (χ4v) is 0.774. The lowest BCUT2D eigenvalue weighted by molar-refractivity contribution is 0.399. The maximum atomic E-state index is 7.00. The predicted octanol–water partition coefficient (Wildman–Crippen LogP) is 1.49. The van der Waals surface area contributed by atoms with E-state index in [0.29, 0.717) is 0 Å². The maximum Gasteiger partial charge on any atom is 0.0346 e. The van der Waals surface area contributed by atoms with E-state index < -0.39 is 0 Å². The van der Waals surface area contributed by atoms with Gasteiger partial charge >= 0.3 is 0 Å². The van der Waals surface area contributed by atoms with Gasteiger partial charge in [-0.3, -0.25) is 0 Å². The molecular formula is C9H15NO. The van der Waals surface area contributed by atoms with Crippen molar-refractivity contribution in [3.8, 4) is 0 Å². The summed E-state index contributed by atoms with van der Waals surface area (Å²) in [6, 6.07) is 5.95. The van der Waals surface area contributed by atoms with Crippen LogP contribution < -0.4 is 5.73 Å². The first-order valence-corrected chi connectivity index (χ1v) is 3.48. The molecule has 0 saturated heterocycles. The van der Waals surface area contributed by atoms with Gasteiger partial charge in [0.1, 0.15) is 0 Å². The zero-order chi connectivity index (χ0) is 8.85. The van der Waals surface area contributed by atoms with Crippen molar-refractivity contribution >= 4 is 5.69 Å². The quantitative estimate of drug-likeness (QED) is 0.555. The van der Waals surface area contributed by atoms with E-state index in [0.717, 1.165) is 12.8 Å². The standard InChI is InChI=1S/C8H11N.CH4O/c1-6-4-3-5-8(9)7(6)2;1-2/h3-5H,9H2,1-2H3;2H,1H3. The molecule has 0 aliphatic heterocycles. The van der Waals surface area contributed by atoms with Crippen LogP contribution in [0.3, 0.4) is 0 Å². The lowest BCUT2D eigenvalue weighted by Crippen LogP contribution is -1.90. The van der Waals surface area contributed by atoms with Crippen LogP contribution >= 0.6 is 0 Å². The molecule has 0 aliphatic carbocycles. The van der Waals surface area contributed by atoms with E-state index in [2.05, 4.69) is 13.0 Å². The Morgan fingerprint density at radius 2 is 1.73 bits per heavy atom. The first-order chi connectivity index (χ1) is 5.22. The minimum Gasteiger partial charge on any atom is -0.400 e. The number of hydrogen-bond donors (Lipinski definition) is 2. The van der Waals surface area contributed by atoms with Crippen LogP contribution in [-0.2, 0) is 0 Å². The number of aliphatic hydroxyl groups excluding tert-OH is 1. The SMILES string of the molecule is CO.Cc1cccc(N)c1C. The van der Waals surface area contributed by atoms with Gasteiger partial charge in [-0.15, -0.1) is 0 Å². The van der Waals surface area contributed by atoms with Crippen LogP contribution in [0.4, 0.5) is 5.69 Å². The Hall–Kier alpha value is -1.02. The topological polar surface area (TPSA) is 46.2 Å². The van der Waals surface area contributed by atoms with Gasteiger partial charge in [-0.1, -0.05) is 12.1 Å². The van der Waals surface area contributed by atoms with Crippen LogP contribution in [0, 0.1) is 13.8 Å². The molecule has 0 fully saturated rings. The third kappa shape index (κ3) is 2.60. The molecule has 2 nitrogen and oxygen atoms in total. The molecule has 0 atom stereocenters. The van der Waals surface area contributed by atoms with Gasteiger partial charge in [0.2, 0.25) is 0 Å². The average Bonchev–Trinajstić information content (AvgIpc) is 2.04. The fourth-order valence-electron chi connectivity index (χ4n) is 0.774. The Labute approximate surface area is 67.7 Å². The van der Waals surface area contributed by atoms with Crippen molar-refractivity contribution in [3.05, 3.63) is 29.3 Å². The molecule has 62 valence electrons. The molecule has 1 aromatic carbocycles. The molecule has 0 unspecified atom stereocenters. The van der Waals surface area contributed by atoms with Gasteiger partial charge in [0.25, 0.3) is 0 Å². The summed E-state index contributed by atoms with van der Waals surface area (Å²) < 4.78 is 0. The normalized spacial score (nSPS) is 8.36. The number of hydrogen-bond acceptors (Lipinski definition) is 2. The van der Waals surface area contributed by atoms with Gasteiger partial charge in [0.15, 0.2) is 0 Å². The number of nitrogen functional groups attached to an aromatic ring is 1. The number of aryl methyl sites for hydroxylation is 1. The van der Waals surface area contributed by atoms with Gasteiger partial charge in [0.05, 0.1) is 0 Å². The second-order valence-corrected chi connectivity index (χ2v) is 2.29. The van der Waals surface area contributed by atoms with Crippen LogP contribution in [0.2, 0.25) is 0 Å². The second-order valence-electron chi connectivity index (χ2n) is 2.29. The second kappa shape index (κ2) is 4.74. The highest BCUT2D eigenvalue weighted by Crippen LogP contribution is 2.13. The van der Waals surface area contributed by atoms with Gasteiger partial charge in [-0.05, 0) is 31.0 Å². The summed E-state index contributed by atoms with van der Waals surface area (Å²) in [4.78, 5) is 0. The molecule has 0 radical (unpaired) electrons. The first-order valence-electron chi connectivity index (χ1n) is 3.48. The Balaban J connectivity index is 0.000000461. The largest absolute Gasteiger partial charge is 0.400 e.